The van der Waals surface area contributed by atoms with Crippen molar-refractivity contribution in [3.8, 4) is 0 Å². The van der Waals surface area contributed by atoms with Crippen molar-refractivity contribution in [2.75, 3.05) is 0 Å². The number of fused-ring (bicyclic) bond motifs is 1. The van der Waals surface area contributed by atoms with Crippen molar-refractivity contribution >= 4 is 40.0 Å². The van der Waals surface area contributed by atoms with Crippen LogP contribution in [-0.2, 0) is 4.79 Å². The molecule has 0 aliphatic carbocycles. The summed E-state index contributed by atoms with van der Waals surface area (Å²) in [5.74, 6) is -0.339. The molecule has 18 heavy (non-hydrogen) atoms. The molecular formula is C13H9NO3S. The van der Waals surface area contributed by atoms with Crippen molar-refractivity contribution in [3.63, 3.8) is 0 Å². The van der Waals surface area contributed by atoms with Crippen LogP contribution in [0.4, 0.5) is 4.79 Å². The largest absolute Gasteiger partial charge is 0.464 e. The summed E-state index contributed by atoms with van der Waals surface area (Å²) in [7, 11) is 0. The predicted molar refractivity (Wildman–Crippen MR) is 70.1 cm³/mol. The third-order valence-electron chi connectivity index (χ3n) is 2.73. The third kappa shape index (κ3) is 1.82. The minimum absolute atomic E-state index is 0.327. The van der Waals surface area contributed by atoms with Crippen LogP contribution in [0, 0.1) is 6.92 Å². The number of hydrogen-bond donors (Lipinski definition) is 1. The Labute approximate surface area is 107 Å². The van der Waals surface area contributed by atoms with Crippen LogP contribution in [0.5, 0.6) is 0 Å². The van der Waals surface area contributed by atoms with Crippen molar-refractivity contribution in [2.45, 2.75) is 6.92 Å². The number of carbonyl (C=O) groups excluding carboxylic acids is 2. The molecule has 0 radical (unpaired) electrons. The normalized spacial score (nSPS) is 17.7. The number of hydrogen-bond acceptors (Lipinski definition) is 4. The van der Waals surface area contributed by atoms with Gasteiger partial charge in [-0.15, -0.1) is 0 Å². The second kappa shape index (κ2) is 4.03. The lowest BCUT2D eigenvalue weighted by molar-refractivity contribution is -0.115. The molecule has 0 bridgehead atoms. The van der Waals surface area contributed by atoms with E-state index in [1.807, 2.05) is 25.1 Å². The molecule has 1 aliphatic rings. The summed E-state index contributed by atoms with van der Waals surface area (Å²) in [6.45, 7) is 1.96. The number of benzene rings is 1. The van der Waals surface area contributed by atoms with Crippen molar-refractivity contribution < 1.29 is 14.0 Å². The number of carbonyl (C=O) groups is 2. The van der Waals surface area contributed by atoms with E-state index in [2.05, 4.69) is 5.32 Å². The van der Waals surface area contributed by atoms with Gasteiger partial charge >= 0.3 is 0 Å². The first-order chi connectivity index (χ1) is 8.63. The molecule has 1 saturated heterocycles. The van der Waals surface area contributed by atoms with Crippen LogP contribution < -0.4 is 5.32 Å². The number of thioether (sulfide) groups is 1. The van der Waals surface area contributed by atoms with Gasteiger partial charge in [-0.2, -0.15) is 0 Å². The van der Waals surface area contributed by atoms with Gasteiger partial charge in [-0.25, -0.2) is 0 Å². The highest BCUT2D eigenvalue weighted by atomic mass is 32.2. The standard InChI is InChI=1S/C13H9NO3S/c1-7-6-17-10-3-2-8(4-9(7)10)5-11-12(15)14-13(16)18-11/h2-6H,1H3,(H,14,15,16)/b11-5-. The summed E-state index contributed by atoms with van der Waals surface area (Å²) in [6.07, 6.45) is 3.40. The summed E-state index contributed by atoms with van der Waals surface area (Å²) in [5, 5.41) is 2.91. The lowest BCUT2D eigenvalue weighted by Gasteiger charge is -1.96. The van der Waals surface area contributed by atoms with Crippen molar-refractivity contribution in [2.24, 2.45) is 0 Å². The van der Waals surface area contributed by atoms with Gasteiger partial charge in [-0.1, -0.05) is 6.07 Å². The fourth-order valence-electron chi connectivity index (χ4n) is 1.84. The van der Waals surface area contributed by atoms with Crippen molar-refractivity contribution in [1.82, 2.24) is 5.32 Å². The smallest absolute Gasteiger partial charge is 0.290 e. The van der Waals surface area contributed by atoms with Crippen LogP contribution in [0.1, 0.15) is 11.1 Å². The van der Waals surface area contributed by atoms with E-state index in [1.54, 1.807) is 12.3 Å². The molecule has 0 unspecified atom stereocenters. The molecule has 0 atom stereocenters. The maximum absolute atomic E-state index is 11.4. The Bertz CT molecular complexity index is 699. The predicted octanol–water partition coefficient (Wildman–Crippen LogP) is 3.07. The fourth-order valence-corrected chi connectivity index (χ4v) is 2.52. The molecule has 4 nitrogen and oxygen atoms in total. The Balaban J connectivity index is 2.04. The molecule has 0 spiro atoms. The quantitative estimate of drug-likeness (QED) is 0.799. The summed E-state index contributed by atoms with van der Waals surface area (Å²) in [5.41, 5.74) is 2.73. The molecule has 2 amide bonds. The maximum Gasteiger partial charge on any atom is 0.290 e. The Kier molecular flexibility index (Phi) is 2.48. The molecule has 3 rings (SSSR count). The van der Waals surface area contributed by atoms with Gasteiger partial charge in [0.15, 0.2) is 0 Å². The molecule has 90 valence electrons. The van der Waals surface area contributed by atoms with Gasteiger partial charge in [-0.05, 0) is 48.0 Å². The summed E-state index contributed by atoms with van der Waals surface area (Å²) in [4.78, 5) is 22.9. The Morgan fingerprint density at radius 3 is 2.89 bits per heavy atom. The van der Waals surface area contributed by atoms with Crippen molar-refractivity contribution in [3.05, 3.63) is 40.5 Å². The minimum Gasteiger partial charge on any atom is -0.464 e. The Morgan fingerprint density at radius 1 is 1.33 bits per heavy atom. The molecule has 2 heterocycles. The second-order valence-corrected chi connectivity index (χ2v) is 5.04. The first-order valence-corrected chi connectivity index (χ1v) is 6.18. The van der Waals surface area contributed by atoms with E-state index in [9.17, 15) is 9.59 Å². The van der Waals surface area contributed by atoms with Crippen LogP contribution in [0.2, 0.25) is 0 Å². The molecule has 1 aromatic carbocycles. The molecule has 2 aromatic rings. The number of nitrogens with one attached hydrogen (secondary N) is 1. The molecule has 5 heteroatoms. The van der Waals surface area contributed by atoms with Gasteiger partial charge in [0.2, 0.25) is 0 Å². The topological polar surface area (TPSA) is 59.3 Å². The van der Waals surface area contributed by atoms with E-state index in [0.717, 1.165) is 33.9 Å². The molecular weight excluding hydrogens is 250 g/mol. The Morgan fingerprint density at radius 2 is 2.17 bits per heavy atom. The number of imide groups is 1. The molecule has 1 aromatic heterocycles. The van der Waals surface area contributed by atoms with E-state index in [4.69, 9.17) is 4.42 Å². The summed E-state index contributed by atoms with van der Waals surface area (Å²) < 4.78 is 5.35. The SMILES string of the molecule is Cc1coc2ccc(/C=C3\SC(=O)NC3=O)cc12. The van der Waals surface area contributed by atoms with Crippen LogP contribution >= 0.6 is 11.8 Å². The molecule has 1 N–H and O–H groups in total. The second-order valence-electron chi connectivity index (χ2n) is 4.03. The average molecular weight is 259 g/mol. The number of amides is 2. The van der Waals surface area contributed by atoms with E-state index in [0.29, 0.717) is 4.91 Å². The monoisotopic (exact) mass is 259 g/mol. The summed E-state index contributed by atoms with van der Waals surface area (Å²) in [6, 6.07) is 5.65. The van der Waals surface area contributed by atoms with E-state index < -0.39 is 0 Å². The van der Waals surface area contributed by atoms with Crippen LogP contribution in [0.15, 0.2) is 33.8 Å². The van der Waals surface area contributed by atoms with E-state index in [1.165, 1.54) is 0 Å². The number of aryl methyl sites for hydroxylation is 1. The van der Waals surface area contributed by atoms with Crippen LogP contribution in [0.25, 0.3) is 17.0 Å². The van der Waals surface area contributed by atoms with Gasteiger partial charge < -0.3 is 4.42 Å². The zero-order valence-corrected chi connectivity index (χ0v) is 10.3. The fraction of sp³-hybridized carbons (Fsp3) is 0.0769. The number of rotatable bonds is 1. The third-order valence-corrected chi connectivity index (χ3v) is 3.54. The highest BCUT2D eigenvalue weighted by Crippen LogP contribution is 2.27. The molecule has 0 saturated carbocycles. The average Bonchev–Trinajstić information content (AvgIpc) is 2.84. The minimum atomic E-state index is -0.339. The maximum atomic E-state index is 11.4. The molecule has 1 fully saturated rings. The summed E-state index contributed by atoms with van der Waals surface area (Å²) >= 11 is 0.918. The van der Waals surface area contributed by atoms with Gasteiger partial charge in [0.25, 0.3) is 11.1 Å². The molecule has 1 aliphatic heterocycles. The lowest BCUT2D eigenvalue weighted by atomic mass is 10.1. The van der Waals surface area contributed by atoms with Gasteiger partial charge in [-0.3, -0.25) is 14.9 Å². The van der Waals surface area contributed by atoms with E-state index >= 15 is 0 Å². The van der Waals surface area contributed by atoms with Gasteiger partial charge in [0.1, 0.15) is 5.58 Å². The van der Waals surface area contributed by atoms with Crippen LogP contribution in [0.3, 0.4) is 0 Å². The first kappa shape index (κ1) is 11.1. The Hall–Kier alpha value is -2.01. The van der Waals surface area contributed by atoms with Gasteiger partial charge in [0.05, 0.1) is 11.2 Å². The lowest BCUT2D eigenvalue weighted by Crippen LogP contribution is -2.17. The van der Waals surface area contributed by atoms with Gasteiger partial charge in [0, 0.05) is 5.39 Å². The number of furan rings is 1. The highest BCUT2D eigenvalue weighted by molar-refractivity contribution is 8.18. The zero-order chi connectivity index (χ0) is 12.7. The zero-order valence-electron chi connectivity index (χ0n) is 9.52. The highest BCUT2D eigenvalue weighted by Gasteiger charge is 2.24. The van der Waals surface area contributed by atoms with Crippen molar-refractivity contribution in [1.29, 1.82) is 0 Å². The van der Waals surface area contributed by atoms with Crippen LogP contribution in [-0.4, -0.2) is 11.1 Å². The first-order valence-electron chi connectivity index (χ1n) is 5.36. The van der Waals surface area contributed by atoms with E-state index in [-0.39, 0.29) is 11.1 Å².